The number of ketones is 1. The molecule has 3 aromatic rings. The number of piperidine rings is 2. The fourth-order valence-corrected chi connectivity index (χ4v) is 13.5. The number of fused-ring (bicyclic) bond motifs is 7. The lowest BCUT2D eigenvalue weighted by molar-refractivity contribution is -0.127. The maximum atomic E-state index is 15.3. The number of amides is 1. The Bertz CT molecular complexity index is 2540. The van der Waals surface area contributed by atoms with Crippen molar-refractivity contribution in [2.24, 2.45) is 40.4 Å². The van der Waals surface area contributed by atoms with Crippen LogP contribution in [0.25, 0.3) is 10.9 Å². The van der Waals surface area contributed by atoms with Crippen molar-refractivity contribution in [1.29, 1.82) is 0 Å². The van der Waals surface area contributed by atoms with Gasteiger partial charge in [-0.05, 0) is 128 Å². The fraction of sp³-hybridized carbons (Fsp3) is 0.630. The summed E-state index contributed by atoms with van der Waals surface area (Å²) >= 11 is 0. The first-order valence-corrected chi connectivity index (χ1v) is 24.8. The highest BCUT2D eigenvalue weighted by Gasteiger charge is 2.60. The van der Waals surface area contributed by atoms with Gasteiger partial charge in [0.2, 0.25) is 11.3 Å². The van der Waals surface area contributed by atoms with Crippen LogP contribution in [0.4, 0.5) is 15.8 Å². The van der Waals surface area contributed by atoms with Crippen molar-refractivity contribution >= 4 is 39.9 Å². The van der Waals surface area contributed by atoms with Crippen LogP contribution >= 0.6 is 0 Å². The number of aromatic carboxylic acids is 1. The molecule has 10 rings (SSSR count). The van der Waals surface area contributed by atoms with Crippen LogP contribution in [0.5, 0.6) is 5.75 Å². The lowest BCUT2D eigenvalue weighted by atomic mass is 9.50. The largest absolute Gasteiger partial charge is 0.492 e. The van der Waals surface area contributed by atoms with E-state index in [0.717, 1.165) is 83.1 Å². The first kappa shape index (κ1) is 46.4. The Labute approximate surface area is 389 Å². The number of ether oxygens (including phenoxy) is 1. The second kappa shape index (κ2) is 16.8. The zero-order chi connectivity index (χ0) is 47.2. The number of nitrogens with zero attached hydrogens (tertiary/aromatic N) is 2. The molecule has 4 aliphatic carbocycles. The van der Waals surface area contributed by atoms with E-state index < -0.39 is 17.2 Å². The van der Waals surface area contributed by atoms with Gasteiger partial charge in [0.05, 0.1) is 18.0 Å². The van der Waals surface area contributed by atoms with E-state index in [1.54, 1.807) is 4.57 Å². The topological polar surface area (TPSA) is 142 Å². The molecule has 0 spiro atoms. The monoisotopic (exact) mass is 906 g/mol. The quantitative estimate of drug-likeness (QED) is 0.190. The van der Waals surface area contributed by atoms with Crippen LogP contribution in [-0.2, 0) is 20.4 Å². The second-order valence-corrected chi connectivity index (χ2v) is 23.4. The molecule has 66 heavy (non-hydrogen) atoms. The molecule has 6 fully saturated rings. The highest BCUT2D eigenvalue weighted by atomic mass is 19.1. The molecule has 7 aliphatic rings. The molecule has 3 saturated heterocycles. The van der Waals surface area contributed by atoms with E-state index in [1.807, 2.05) is 11.0 Å². The summed E-state index contributed by atoms with van der Waals surface area (Å²) in [6.45, 7) is 21.5. The molecule has 3 aliphatic heterocycles. The zero-order valence-corrected chi connectivity index (χ0v) is 40.7. The second-order valence-electron chi connectivity index (χ2n) is 23.4. The van der Waals surface area contributed by atoms with Gasteiger partial charge >= 0.3 is 5.97 Å². The summed E-state index contributed by atoms with van der Waals surface area (Å²) in [5.74, 6) is 1.17. The average molecular weight is 906 g/mol. The first-order valence-electron chi connectivity index (χ1n) is 24.8. The van der Waals surface area contributed by atoms with Gasteiger partial charge in [0, 0.05) is 73.1 Å². The van der Waals surface area contributed by atoms with Crippen LogP contribution in [-0.4, -0.2) is 66.7 Å². The third-order valence-corrected chi connectivity index (χ3v) is 17.4. The van der Waals surface area contributed by atoms with Crippen LogP contribution in [0, 0.1) is 46.2 Å². The third-order valence-electron chi connectivity index (χ3n) is 17.4. The number of anilines is 2. The molecule has 0 radical (unpaired) electrons. The van der Waals surface area contributed by atoms with Gasteiger partial charge in [-0.3, -0.25) is 14.4 Å². The summed E-state index contributed by atoms with van der Waals surface area (Å²) in [5, 5.41) is 20.2. The molecule has 3 unspecified atom stereocenters. The number of carbonyl (C=O) groups excluding carboxylic acids is 2. The van der Waals surface area contributed by atoms with Gasteiger partial charge in [0.1, 0.15) is 11.3 Å². The molecule has 2 aromatic carbocycles. The Kier molecular flexibility index (Phi) is 11.8. The van der Waals surface area contributed by atoms with Crippen molar-refractivity contribution in [1.82, 2.24) is 15.2 Å². The predicted octanol–water partition coefficient (Wildman–Crippen LogP) is 9.51. The number of allylic oxidation sites excluding steroid dienone is 2. The summed E-state index contributed by atoms with van der Waals surface area (Å²) in [6.07, 6.45) is 13.3. The molecule has 4 heterocycles. The van der Waals surface area contributed by atoms with E-state index >= 15 is 4.39 Å². The summed E-state index contributed by atoms with van der Waals surface area (Å²) in [5.41, 5.74) is 4.54. The van der Waals surface area contributed by atoms with E-state index in [9.17, 15) is 24.3 Å². The van der Waals surface area contributed by atoms with E-state index in [-0.39, 0.29) is 56.3 Å². The minimum absolute atomic E-state index is 0.0263. The lowest BCUT2D eigenvalue weighted by Gasteiger charge is -2.58. The molecule has 4 N–H and O–H groups in total. The van der Waals surface area contributed by atoms with E-state index in [0.29, 0.717) is 59.6 Å². The van der Waals surface area contributed by atoms with Gasteiger partial charge in [-0.2, -0.15) is 0 Å². The number of hydrogen-bond donors (Lipinski definition) is 4. The molecular formula is C54H72FN5O6. The maximum Gasteiger partial charge on any atom is 0.341 e. The number of pyridine rings is 1. The number of aromatic nitrogens is 1. The number of hydrogen-bond acceptors (Lipinski definition) is 8. The van der Waals surface area contributed by atoms with Gasteiger partial charge in [0.15, 0.2) is 17.3 Å². The summed E-state index contributed by atoms with van der Waals surface area (Å²) in [7, 11) is 1.48. The minimum Gasteiger partial charge on any atom is -0.492 e. The van der Waals surface area contributed by atoms with Crippen LogP contribution in [0.1, 0.15) is 147 Å². The van der Waals surface area contributed by atoms with Gasteiger partial charge in [-0.15, -0.1) is 0 Å². The third kappa shape index (κ3) is 8.04. The van der Waals surface area contributed by atoms with Gasteiger partial charge < -0.3 is 35.3 Å². The van der Waals surface area contributed by atoms with Crippen molar-refractivity contribution in [2.75, 3.05) is 43.5 Å². The molecule has 8 atom stereocenters. The number of methoxy groups -OCH3 is 1. The van der Waals surface area contributed by atoms with Crippen LogP contribution < -0.4 is 31.0 Å². The van der Waals surface area contributed by atoms with E-state index in [1.165, 1.54) is 36.2 Å². The Morgan fingerprint density at radius 3 is 2.36 bits per heavy atom. The highest BCUT2D eigenvalue weighted by molar-refractivity contribution is 5.97. The van der Waals surface area contributed by atoms with E-state index in [2.05, 4.69) is 89.5 Å². The first-order chi connectivity index (χ1) is 31.1. The summed E-state index contributed by atoms with van der Waals surface area (Å²) < 4.78 is 22.8. The molecular weight excluding hydrogens is 834 g/mol. The number of nitrogens with one attached hydrogen (secondary N) is 3. The summed E-state index contributed by atoms with van der Waals surface area (Å²) in [6, 6.07) is 8.28. The molecule has 11 nitrogen and oxygen atoms in total. The molecule has 1 aromatic heterocycles. The smallest absolute Gasteiger partial charge is 0.341 e. The average Bonchev–Trinajstić information content (AvgIpc) is 3.91. The fourth-order valence-electron chi connectivity index (χ4n) is 13.5. The molecule has 1 amide bonds. The Hall–Kier alpha value is -4.71. The van der Waals surface area contributed by atoms with Crippen molar-refractivity contribution in [3.05, 3.63) is 75.0 Å². The van der Waals surface area contributed by atoms with Crippen LogP contribution in [0.15, 0.2) is 47.0 Å². The summed E-state index contributed by atoms with van der Waals surface area (Å²) in [4.78, 5) is 52.5. The highest BCUT2D eigenvalue weighted by Crippen LogP contribution is 2.64. The standard InChI is InChI=1S/C33H48N2O2.C21H24FN3O4/c1-30(2,3)20-9-10-25(31(4,5)6)27(17-20)35-29(37)26-12-11-23-22-19-34-28-18-21(36)13-15-33(28,8)24(22)14-16-32(23,26)7;1-29-20-17-13(19(26)14(21(27)28)9-25(17)12-4-5-12)7-15(22)18(20)24-8-11-3-2-6-23-16(11)10-24/h9-10,17-18,22-24,26,34H,11-16,19H2,1-8H3,(H,35,37);7,9,11-12,16,23H,2-6,8,10H2,1H3,(H,27,28)/t22?,23?,24?,26-,32+,33-;11-,16+/m10/s1. The normalized spacial score (nSPS) is 30.5. The van der Waals surface area contributed by atoms with Crippen molar-refractivity contribution in [2.45, 2.75) is 143 Å². The number of carboxylic acid groups (broad SMARTS) is 1. The van der Waals surface area contributed by atoms with Crippen LogP contribution in [0.2, 0.25) is 0 Å². The lowest BCUT2D eigenvalue weighted by Crippen LogP contribution is -2.57. The number of carbonyl (C=O) groups is 3. The Morgan fingerprint density at radius 2 is 1.70 bits per heavy atom. The van der Waals surface area contributed by atoms with Gasteiger partial charge in [0.25, 0.3) is 0 Å². The van der Waals surface area contributed by atoms with Crippen molar-refractivity contribution < 1.29 is 28.6 Å². The van der Waals surface area contributed by atoms with Crippen molar-refractivity contribution in [3.63, 3.8) is 0 Å². The molecule has 0 bridgehead atoms. The predicted molar refractivity (Wildman–Crippen MR) is 258 cm³/mol. The van der Waals surface area contributed by atoms with Gasteiger partial charge in [-0.25, -0.2) is 9.18 Å². The molecule has 12 heteroatoms. The number of halogens is 1. The number of benzene rings is 2. The SMILES string of the molecule is CC(C)(C)c1ccc(C(C)(C)C)c(NC(=O)[C@H]2CCC3C4CNC5=CC(=O)CC[C@]5(C)C4CC[C@@]32C)c1.COc1c(N2C[C@@H]3CCCN[C@@H]3C2)c(F)cc2c(=O)c(C(=O)O)cn(C3CC3)c12. The molecule has 3 saturated carbocycles. The number of rotatable bonds is 6. The van der Waals surface area contributed by atoms with Crippen molar-refractivity contribution in [3.8, 4) is 5.75 Å². The Balaban J connectivity index is 0.000000171. The number of carboxylic acids is 1. The Morgan fingerprint density at radius 1 is 0.939 bits per heavy atom. The zero-order valence-electron chi connectivity index (χ0n) is 40.7. The van der Waals surface area contributed by atoms with E-state index in [4.69, 9.17) is 4.74 Å². The minimum atomic E-state index is -1.30. The molecule has 356 valence electrons. The van der Waals surface area contributed by atoms with Gasteiger partial charge in [-0.1, -0.05) is 67.5 Å². The maximum absolute atomic E-state index is 15.3. The van der Waals surface area contributed by atoms with Crippen LogP contribution in [0.3, 0.4) is 0 Å².